The van der Waals surface area contributed by atoms with Crippen molar-refractivity contribution >= 4 is 11.7 Å². The predicted molar refractivity (Wildman–Crippen MR) is 110 cm³/mol. The first-order chi connectivity index (χ1) is 13.7. The molecule has 0 radical (unpaired) electrons. The van der Waals surface area contributed by atoms with Gasteiger partial charge in [0.2, 0.25) is 5.91 Å². The summed E-state index contributed by atoms with van der Waals surface area (Å²) in [6.45, 7) is 1.60. The maximum atomic E-state index is 13.4. The Balaban J connectivity index is 1.88. The molecule has 0 N–H and O–H groups in total. The molecule has 0 spiro atoms. The van der Waals surface area contributed by atoms with Gasteiger partial charge in [-0.1, -0.05) is 91.0 Å². The van der Waals surface area contributed by atoms with E-state index in [1.807, 2.05) is 95.9 Å². The third kappa shape index (κ3) is 3.36. The zero-order chi connectivity index (χ0) is 19.5. The highest BCUT2D eigenvalue weighted by molar-refractivity contribution is 5.90. The van der Waals surface area contributed by atoms with E-state index in [4.69, 9.17) is 0 Å². The van der Waals surface area contributed by atoms with E-state index in [9.17, 15) is 9.59 Å². The molecule has 28 heavy (non-hydrogen) atoms. The number of benzene rings is 3. The van der Waals surface area contributed by atoms with Crippen LogP contribution in [0.3, 0.4) is 0 Å². The van der Waals surface area contributed by atoms with Gasteiger partial charge < -0.3 is 4.90 Å². The van der Waals surface area contributed by atoms with Crippen LogP contribution in [-0.4, -0.2) is 16.6 Å². The number of amides is 1. The quantitative estimate of drug-likeness (QED) is 0.646. The van der Waals surface area contributed by atoms with Crippen LogP contribution in [0.2, 0.25) is 0 Å². The summed E-state index contributed by atoms with van der Waals surface area (Å²) in [5.74, 6) is -0.213. The molecule has 3 aromatic rings. The van der Waals surface area contributed by atoms with Crippen LogP contribution in [0.25, 0.3) is 0 Å². The van der Waals surface area contributed by atoms with Crippen molar-refractivity contribution in [1.82, 2.24) is 4.90 Å². The molecule has 1 aliphatic rings. The summed E-state index contributed by atoms with van der Waals surface area (Å²) >= 11 is 0. The highest BCUT2D eigenvalue weighted by Crippen LogP contribution is 2.47. The van der Waals surface area contributed by atoms with Crippen molar-refractivity contribution < 1.29 is 9.59 Å². The van der Waals surface area contributed by atoms with Crippen molar-refractivity contribution in [2.75, 3.05) is 0 Å². The van der Waals surface area contributed by atoms with Crippen LogP contribution in [0.5, 0.6) is 0 Å². The first-order valence-electron chi connectivity index (χ1n) is 9.63. The molecule has 1 amide bonds. The SMILES string of the molecule is CC(=O)N1[C@H](c2ccccc2)[C@@H](c2ccccc2)C(=O)C[C@H]1c1ccccc1. The number of hydrogen-bond donors (Lipinski definition) is 0. The summed E-state index contributed by atoms with van der Waals surface area (Å²) in [5.41, 5.74) is 2.94. The van der Waals surface area contributed by atoms with E-state index < -0.39 is 0 Å². The minimum atomic E-state index is -0.368. The van der Waals surface area contributed by atoms with Crippen LogP contribution in [0.4, 0.5) is 0 Å². The molecule has 1 aliphatic heterocycles. The van der Waals surface area contributed by atoms with Gasteiger partial charge >= 0.3 is 0 Å². The smallest absolute Gasteiger partial charge is 0.220 e. The molecule has 1 saturated heterocycles. The summed E-state index contributed by atoms with van der Waals surface area (Å²) in [4.78, 5) is 28.2. The second-order valence-corrected chi connectivity index (χ2v) is 7.27. The fraction of sp³-hybridized carbons (Fsp3) is 0.200. The Morgan fingerprint density at radius 2 is 1.21 bits per heavy atom. The molecule has 1 heterocycles. The number of Topliss-reactive ketones (excluding diaryl/α,β-unsaturated/α-hetero) is 1. The van der Waals surface area contributed by atoms with Gasteiger partial charge in [0.25, 0.3) is 0 Å². The van der Waals surface area contributed by atoms with Gasteiger partial charge in [-0.15, -0.1) is 0 Å². The highest BCUT2D eigenvalue weighted by Gasteiger charge is 2.45. The molecule has 0 aromatic heterocycles. The number of ketones is 1. The molecule has 3 atom stereocenters. The van der Waals surface area contributed by atoms with E-state index in [0.717, 1.165) is 16.7 Å². The molecule has 0 aliphatic carbocycles. The van der Waals surface area contributed by atoms with E-state index in [2.05, 4.69) is 0 Å². The average Bonchev–Trinajstić information content (AvgIpc) is 2.74. The monoisotopic (exact) mass is 369 g/mol. The summed E-state index contributed by atoms with van der Waals surface area (Å²) in [5, 5.41) is 0. The maximum absolute atomic E-state index is 13.4. The molecule has 3 heteroatoms. The summed E-state index contributed by atoms with van der Waals surface area (Å²) < 4.78 is 0. The number of carbonyl (C=O) groups excluding carboxylic acids is 2. The third-order valence-electron chi connectivity index (χ3n) is 5.54. The summed E-state index contributed by atoms with van der Waals surface area (Å²) in [6.07, 6.45) is 0.326. The van der Waals surface area contributed by atoms with Crippen molar-refractivity contribution in [2.45, 2.75) is 31.3 Å². The maximum Gasteiger partial charge on any atom is 0.220 e. The normalized spacial score (nSPS) is 22.1. The van der Waals surface area contributed by atoms with Crippen LogP contribution in [0, 0.1) is 0 Å². The molecule has 0 unspecified atom stereocenters. The fourth-order valence-corrected chi connectivity index (χ4v) is 4.35. The Labute approximate surface area is 165 Å². The van der Waals surface area contributed by atoms with E-state index in [1.54, 1.807) is 6.92 Å². The molecular formula is C25H23NO2. The molecule has 3 aromatic carbocycles. The number of likely N-dealkylation sites (tertiary alicyclic amines) is 1. The van der Waals surface area contributed by atoms with E-state index in [1.165, 1.54) is 0 Å². The van der Waals surface area contributed by atoms with E-state index in [-0.39, 0.29) is 29.7 Å². The molecular weight excluding hydrogens is 346 g/mol. The van der Waals surface area contributed by atoms with Gasteiger partial charge in [0, 0.05) is 13.3 Å². The topological polar surface area (TPSA) is 37.4 Å². The van der Waals surface area contributed by atoms with Gasteiger partial charge in [0.1, 0.15) is 5.78 Å². The molecule has 0 bridgehead atoms. The van der Waals surface area contributed by atoms with E-state index in [0.29, 0.717) is 6.42 Å². The summed E-state index contributed by atoms with van der Waals surface area (Å²) in [6, 6.07) is 29.0. The Morgan fingerprint density at radius 3 is 1.71 bits per heavy atom. The lowest BCUT2D eigenvalue weighted by Crippen LogP contribution is -2.46. The van der Waals surface area contributed by atoms with Gasteiger partial charge in [-0.3, -0.25) is 9.59 Å². The first-order valence-corrected chi connectivity index (χ1v) is 9.63. The molecule has 4 rings (SSSR count). The third-order valence-corrected chi connectivity index (χ3v) is 5.54. The lowest BCUT2D eigenvalue weighted by Gasteiger charge is -2.46. The molecule has 3 nitrogen and oxygen atoms in total. The number of hydrogen-bond acceptors (Lipinski definition) is 2. The van der Waals surface area contributed by atoms with Gasteiger partial charge in [-0.05, 0) is 16.7 Å². The zero-order valence-corrected chi connectivity index (χ0v) is 15.9. The van der Waals surface area contributed by atoms with Crippen molar-refractivity contribution in [2.24, 2.45) is 0 Å². The van der Waals surface area contributed by atoms with E-state index >= 15 is 0 Å². The lowest BCUT2D eigenvalue weighted by molar-refractivity contribution is -0.142. The van der Waals surface area contributed by atoms with Gasteiger partial charge in [-0.2, -0.15) is 0 Å². The fourth-order valence-electron chi connectivity index (χ4n) is 4.35. The highest BCUT2D eigenvalue weighted by atomic mass is 16.2. The minimum absolute atomic E-state index is 0.0175. The van der Waals surface area contributed by atoms with Crippen molar-refractivity contribution in [1.29, 1.82) is 0 Å². The second kappa shape index (κ2) is 7.81. The molecule has 1 fully saturated rings. The zero-order valence-electron chi connectivity index (χ0n) is 15.9. The molecule has 0 saturated carbocycles. The Hall–Kier alpha value is -3.20. The second-order valence-electron chi connectivity index (χ2n) is 7.27. The van der Waals surface area contributed by atoms with Crippen LogP contribution in [-0.2, 0) is 9.59 Å². The Morgan fingerprint density at radius 1 is 0.750 bits per heavy atom. The lowest BCUT2D eigenvalue weighted by atomic mass is 9.75. The summed E-state index contributed by atoms with van der Waals surface area (Å²) in [7, 11) is 0. The van der Waals surface area contributed by atoms with Crippen molar-refractivity contribution in [3.05, 3.63) is 108 Å². The Bertz CT molecular complexity index is 954. The number of carbonyl (C=O) groups is 2. The largest absolute Gasteiger partial charge is 0.327 e. The standard InChI is InChI=1S/C25H23NO2/c1-18(27)26-22(19-11-5-2-6-12-19)17-23(28)24(20-13-7-3-8-14-20)25(26)21-15-9-4-10-16-21/h2-16,22,24-25H,17H2,1H3/t22-,24-,25+/m0/s1. The molecule has 140 valence electrons. The minimum Gasteiger partial charge on any atom is -0.327 e. The van der Waals surface area contributed by atoms with Crippen molar-refractivity contribution in [3.8, 4) is 0 Å². The first kappa shape index (κ1) is 18.2. The predicted octanol–water partition coefficient (Wildman–Crippen LogP) is 5.07. The van der Waals surface area contributed by atoms with Gasteiger partial charge in [0.15, 0.2) is 0 Å². The van der Waals surface area contributed by atoms with Crippen LogP contribution >= 0.6 is 0 Å². The van der Waals surface area contributed by atoms with Gasteiger partial charge in [0.05, 0.1) is 18.0 Å². The number of piperidine rings is 1. The van der Waals surface area contributed by atoms with Crippen LogP contribution < -0.4 is 0 Å². The van der Waals surface area contributed by atoms with Crippen LogP contribution in [0.1, 0.15) is 48.0 Å². The number of nitrogens with zero attached hydrogens (tertiary/aromatic N) is 1. The Kier molecular flexibility index (Phi) is 5.07. The number of rotatable bonds is 3. The van der Waals surface area contributed by atoms with Crippen LogP contribution in [0.15, 0.2) is 91.0 Å². The van der Waals surface area contributed by atoms with Crippen molar-refractivity contribution in [3.63, 3.8) is 0 Å². The van der Waals surface area contributed by atoms with Gasteiger partial charge in [-0.25, -0.2) is 0 Å². The average molecular weight is 369 g/mol.